The summed E-state index contributed by atoms with van der Waals surface area (Å²) in [5.74, 6) is -3.06. The van der Waals surface area contributed by atoms with Gasteiger partial charge in [-0.15, -0.1) is 0 Å². The maximum Gasteiger partial charge on any atom is 0.374 e. The van der Waals surface area contributed by atoms with Gasteiger partial charge in [-0.3, -0.25) is 28.8 Å². The van der Waals surface area contributed by atoms with Gasteiger partial charge in [-0.1, -0.05) is 0 Å². The Kier molecular flexibility index (Phi) is 12.7. The van der Waals surface area contributed by atoms with Crippen LogP contribution >= 0.6 is 0 Å². The molecule has 5 heterocycles. The quantitative estimate of drug-likeness (QED) is 0.0761. The highest BCUT2D eigenvalue weighted by atomic mass is 16.5. The van der Waals surface area contributed by atoms with E-state index in [1.807, 2.05) is 0 Å². The van der Waals surface area contributed by atoms with Gasteiger partial charge in [0.1, 0.15) is 11.4 Å². The monoisotopic (exact) mass is 786 g/mol. The zero-order valence-corrected chi connectivity index (χ0v) is 32.0. The van der Waals surface area contributed by atoms with E-state index in [1.54, 1.807) is 59.1 Å². The molecule has 0 radical (unpaired) electrons. The average Bonchev–Trinajstić information content (AvgIpc) is 3.97. The van der Waals surface area contributed by atoms with Crippen molar-refractivity contribution in [3.8, 4) is 0 Å². The van der Waals surface area contributed by atoms with E-state index in [9.17, 15) is 33.6 Å². The summed E-state index contributed by atoms with van der Waals surface area (Å²) in [6, 6.07) is 2.95. The smallest absolute Gasteiger partial charge is 0.374 e. The zero-order chi connectivity index (χ0) is 41.4. The second kappa shape index (κ2) is 17.7. The number of hydrogen-bond acceptors (Lipinski definition) is 11. The number of aromatic nitrogens is 8. The number of aryl methyl sites for hydroxylation is 5. The van der Waals surface area contributed by atoms with Crippen LogP contribution in [0.25, 0.3) is 0 Å². The van der Waals surface area contributed by atoms with Crippen molar-refractivity contribution < 1.29 is 38.3 Å². The summed E-state index contributed by atoms with van der Waals surface area (Å²) in [5.41, 5.74) is 1.15. The summed E-state index contributed by atoms with van der Waals surface area (Å²) in [6.07, 6.45) is 8.97. The van der Waals surface area contributed by atoms with Crippen LogP contribution in [0.1, 0.15) is 72.6 Å². The summed E-state index contributed by atoms with van der Waals surface area (Å²) in [4.78, 5) is 100. The van der Waals surface area contributed by atoms with Crippen molar-refractivity contribution in [3.05, 3.63) is 78.2 Å². The topological polar surface area (TPSA) is 264 Å². The molecule has 0 spiro atoms. The van der Waals surface area contributed by atoms with Crippen LogP contribution in [0.4, 0.5) is 23.0 Å². The fraction of sp³-hybridized carbons (Fsp3) is 0.314. The summed E-state index contributed by atoms with van der Waals surface area (Å²) < 4.78 is 12.4. The van der Waals surface area contributed by atoms with Gasteiger partial charge >= 0.3 is 5.97 Å². The molecule has 5 aromatic rings. The van der Waals surface area contributed by atoms with E-state index in [-0.39, 0.29) is 73.0 Å². The van der Waals surface area contributed by atoms with Gasteiger partial charge in [-0.05, 0) is 19.1 Å². The van der Waals surface area contributed by atoms with E-state index < -0.39 is 41.4 Å². The van der Waals surface area contributed by atoms with Gasteiger partial charge in [0.25, 0.3) is 23.6 Å². The molecule has 0 aromatic carbocycles. The van der Waals surface area contributed by atoms with Crippen molar-refractivity contribution in [1.82, 2.24) is 48.4 Å². The van der Waals surface area contributed by atoms with Gasteiger partial charge in [0, 0.05) is 98.4 Å². The molecule has 0 aliphatic heterocycles. The fourth-order valence-electron chi connectivity index (χ4n) is 5.50. The minimum atomic E-state index is -0.622. The SMILES string of the molecule is CCOC(=O)c1nc(NC(=O)CCNC(=O)c2cc(NC(=O)c3nc(NC(=O)CCNC(=O)c4cc(NC(=O)c5nccn5C)cn4C)cn3C)cn2C)cn1C. The maximum absolute atomic E-state index is 13.1. The molecule has 22 nitrogen and oxygen atoms in total. The fourth-order valence-corrected chi connectivity index (χ4v) is 5.50. The molecule has 0 saturated heterocycles. The van der Waals surface area contributed by atoms with Gasteiger partial charge in [-0.25, -0.2) is 19.7 Å². The molecule has 5 aromatic heterocycles. The van der Waals surface area contributed by atoms with E-state index in [0.29, 0.717) is 11.4 Å². The van der Waals surface area contributed by atoms with E-state index >= 15 is 0 Å². The molecule has 0 atom stereocenters. The van der Waals surface area contributed by atoms with Crippen LogP contribution < -0.4 is 31.9 Å². The average molecular weight is 787 g/mol. The van der Waals surface area contributed by atoms with Crippen LogP contribution in [0.5, 0.6) is 0 Å². The number of amides is 6. The number of anilines is 4. The Labute approximate surface area is 325 Å². The minimum absolute atomic E-state index is 0.00736. The predicted octanol–water partition coefficient (Wildman–Crippen LogP) is 0.763. The molecule has 0 saturated carbocycles. The lowest BCUT2D eigenvalue weighted by molar-refractivity contribution is -0.116. The van der Waals surface area contributed by atoms with E-state index in [2.05, 4.69) is 46.9 Å². The van der Waals surface area contributed by atoms with Gasteiger partial charge in [-0.2, -0.15) is 0 Å². The van der Waals surface area contributed by atoms with Crippen LogP contribution in [-0.2, 0) is 49.6 Å². The lowest BCUT2D eigenvalue weighted by Crippen LogP contribution is -2.29. The summed E-state index contributed by atoms with van der Waals surface area (Å²) >= 11 is 0. The molecule has 0 fully saturated rings. The van der Waals surface area contributed by atoms with Crippen LogP contribution in [0.15, 0.2) is 49.3 Å². The largest absolute Gasteiger partial charge is 0.460 e. The third kappa shape index (κ3) is 10.2. The molecule has 0 unspecified atom stereocenters. The Morgan fingerprint density at radius 1 is 0.579 bits per heavy atom. The van der Waals surface area contributed by atoms with Crippen molar-refractivity contribution in [2.24, 2.45) is 35.2 Å². The van der Waals surface area contributed by atoms with Crippen molar-refractivity contribution >= 4 is 64.4 Å². The van der Waals surface area contributed by atoms with E-state index in [1.165, 1.54) is 55.2 Å². The Bertz CT molecular complexity index is 2340. The molecular formula is C35H42N14O8. The number of nitrogens with zero attached hydrogens (tertiary/aromatic N) is 8. The molecule has 0 bridgehead atoms. The third-order valence-electron chi connectivity index (χ3n) is 8.24. The number of ether oxygens (including phenoxy) is 1. The van der Waals surface area contributed by atoms with Crippen LogP contribution in [0.3, 0.4) is 0 Å². The number of hydrogen-bond donors (Lipinski definition) is 6. The van der Waals surface area contributed by atoms with Crippen molar-refractivity contribution in [1.29, 1.82) is 0 Å². The lowest BCUT2D eigenvalue weighted by atomic mass is 10.3. The molecule has 6 amide bonds. The third-order valence-corrected chi connectivity index (χ3v) is 8.24. The first kappa shape index (κ1) is 40.7. The lowest BCUT2D eigenvalue weighted by Gasteiger charge is -2.06. The minimum Gasteiger partial charge on any atom is -0.460 e. The molecule has 22 heteroatoms. The molecular weight excluding hydrogens is 744 g/mol. The highest BCUT2D eigenvalue weighted by Crippen LogP contribution is 2.17. The van der Waals surface area contributed by atoms with Crippen LogP contribution in [0.2, 0.25) is 0 Å². The van der Waals surface area contributed by atoms with E-state index in [0.717, 1.165) is 0 Å². The van der Waals surface area contributed by atoms with Gasteiger partial charge in [0.2, 0.25) is 23.5 Å². The Balaban J connectivity index is 1.05. The number of carbonyl (C=O) groups excluding carboxylic acids is 7. The van der Waals surface area contributed by atoms with Crippen LogP contribution in [0, 0.1) is 0 Å². The molecule has 5 rings (SSSR count). The molecule has 6 N–H and O–H groups in total. The summed E-state index contributed by atoms with van der Waals surface area (Å²) in [7, 11) is 8.10. The number of imidazole rings is 3. The summed E-state index contributed by atoms with van der Waals surface area (Å²) in [5, 5.41) is 15.9. The zero-order valence-electron chi connectivity index (χ0n) is 32.0. The Morgan fingerprint density at radius 2 is 1.05 bits per heavy atom. The first-order chi connectivity index (χ1) is 27.1. The highest BCUT2D eigenvalue weighted by Gasteiger charge is 2.21. The van der Waals surface area contributed by atoms with Gasteiger partial charge in [0.05, 0.1) is 18.0 Å². The second-order valence-electron chi connectivity index (χ2n) is 12.7. The molecule has 0 aliphatic carbocycles. The Morgan fingerprint density at radius 3 is 1.53 bits per heavy atom. The van der Waals surface area contributed by atoms with Crippen molar-refractivity contribution in [3.63, 3.8) is 0 Å². The number of nitrogens with one attached hydrogen (secondary N) is 6. The normalized spacial score (nSPS) is 10.8. The molecule has 57 heavy (non-hydrogen) atoms. The number of carbonyl (C=O) groups is 7. The summed E-state index contributed by atoms with van der Waals surface area (Å²) in [6.45, 7) is 1.83. The van der Waals surface area contributed by atoms with E-state index in [4.69, 9.17) is 4.74 Å². The second-order valence-corrected chi connectivity index (χ2v) is 12.7. The van der Waals surface area contributed by atoms with Crippen LogP contribution in [-0.4, -0.2) is 98.9 Å². The first-order valence-corrected chi connectivity index (χ1v) is 17.5. The predicted molar refractivity (Wildman–Crippen MR) is 203 cm³/mol. The standard InChI is InChI=1S/C35H42N14O8/c1-7-57-35(56)30-44-25(19-49(30)6)42-27(51)9-11-38-32(53)23-15-21(17-47(23)4)40-34(55)29-43-24(18-48(29)5)41-26(50)8-10-37-31(52)22-14-20(16-46(22)3)39-33(54)28-36-12-13-45(28)2/h12-19H,7-11H2,1-6H3,(H,37,52)(H,38,53)(H,39,54)(H,40,55)(H,41,50)(H,42,51). The highest BCUT2D eigenvalue weighted by molar-refractivity contribution is 6.04. The number of esters is 1. The van der Waals surface area contributed by atoms with Crippen molar-refractivity contribution in [2.75, 3.05) is 41.0 Å². The molecule has 0 aliphatic rings. The van der Waals surface area contributed by atoms with Crippen molar-refractivity contribution in [2.45, 2.75) is 19.8 Å². The van der Waals surface area contributed by atoms with Gasteiger partial charge < -0.3 is 59.5 Å². The first-order valence-electron chi connectivity index (χ1n) is 17.5. The number of rotatable bonds is 16. The Hall–Kier alpha value is -7.52. The van der Waals surface area contributed by atoms with Gasteiger partial charge in [0.15, 0.2) is 17.5 Å². The maximum atomic E-state index is 13.1. The molecule has 300 valence electrons.